The van der Waals surface area contributed by atoms with Gasteiger partial charge in [-0.05, 0) is 132 Å². The molecule has 0 N–H and O–H groups in total. The summed E-state index contributed by atoms with van der Waals surface area (Å²) in [5.74, 6) is 1.92. The third-order valence-corrected chi connectivity index (χ3v) is 9.49. The number of rotatable bonds is 1. The van der Waals surface area contributed by atoms with Crippen LogP contribution in [-0.4, -0.2) is 162 Å². The average Bonchev–Trinajstić information content (AvgIpc) is 2.94. The first-order valence-corrected chi connectivity index (χ1v) is 17.3. The quantitative estimate of drug-likeness (QED) is 0.440. The Hall–Kier alpha value is -0.280. The van der Waals surface area contributed by atoms with E-state index in [1.54, 1.807) is 0 Å². The minimum absolute atomic E-state index is 0.439. The lowest BCUT2D eigenvalue weighted by Crippen LogP contribution is -2.44. The maximum atomic E-state index is 5.31. The second-order valence-corrected chi connectivity index (χ2v) is 14.0. The van der Waals surface area contributed by atoms with Gasteiger partial charge in [0.1, 0.15) is 0 Å². The molecule has 3 unspecified atom stereocenters. The first-order chi connectivity index (χ1) is 19.5. The van der Waals surface area contributed by atoms with E-state index >= 15 is 0 Å². The number of nitrogens with zero attached hydrogens (tertiary/aromatic N) is 6. The lowest BCUT2D eigenvalue weighted by atomic mass is 10.00. The number of likely N-dealkylation sites (N-methyl/N-ethyl adjacent to an activating group) is 3. The molecule has 0 bridgehead atoms. The molecule has 0 saturated carbocycles. The summed E-state index contributed by atoms with van der Waals surface area (Å²) >= 11 is 0. The fourth-order valence-electron chi connectivity index (χ4n) is 5.96. The maximum absolute atomic E-state index is 5.31. The Morgan fingerprint density at radius 3 is 1.54 bits per heavy atom. The molecule has 5 heterocycles. The van der Waals surface area contributed by atoms with Crippen molar-refractivity contribution in [1.82, 2.24) is 29.4 Å². The van der Waals surface area contributed by atoms with Crippen LogP contribution in [0.2, 0.25) is 0 Å². The van der Waals surface area contributed by atoms with E-state index in [2.05, 4.69) is 99.3 Å². The smallest absolute Gasteiger partial charge is 0.0674 e. The Labute approximate surface area is 257 Å². The van der Waals surface area contributed by atoms with Crippen LogP contribution in [0, 0.1) is 11.8 Å². The number of piperazine rings is 1. The van der Waals surface area contributed by atoms with Crippen LogP contribution in [0.1, 0.15) is 79.6 Å². The number of hydrogen-bond donors (Lipinski definition) is 0. The molecule has 0 radical (unpaired) electrons. The number of piperidine rings is 3. The highest BCUT2D eigenvalue weighted by Crippen LogP contribution is 2.14. The van der Waals surface area contributed by atoms with Gasteiger partial charge in [0.05, 0.1) is 12.7 Å². The van der Waals surface area contributed by atoms with Crippen LogP contribution in [0.3, 0.4) is 0 Å². The molecule has 5 rings (SSSR count). The molecule has 3 atom stereocenters. The molecule has 0 aromatic heterocycles. The van der Waals surface area contributed by atoms with Crippen LogP contribution in [0.4, 0.5) is 0 Å². The summed E-state index contributed by atoms with van der Waals surface area (Å²) in [4.78, 5) is 14.4. The fourth-order valence-corrected chi connectivity index (χ4v) is 5.96. The van der Waals surface area contributed by atoms with Crippen molar-refractivity contribution in [2.24, 2.45) is 11.8 Å². The number of morpholine rings is 1. The molecule has 0 aliphatic carbocycles. The topological polar surface area (TPSA) is 28.7 Å². The number of ether oxygens (including phenoxy) is 1. The largest absolute Gasteiger partial charge is 0.376 e. The molecule has 0 aromatic carbocycles. The van der Waals surface area contributed by atoms with Gasteiger partial charge >= 0.3 is 0 Å². The molecule has 7 heteroatoms. The lowest BCUT2D eigenvalue weighted by molar-refractivity contribution is -0.00861. The number of likely N-dealkylation sites (tertiary alicyclic amines) is 3. The lowest BCUT2D eigenvalue weighted by Gasteiger charge is -2.31. The average molecular weight is 583 g/mol. The van der Waals surface area contributed by atoms with E-state index < -0.39 is 0 Å². The van der Waals surface area contributed by atoms with Crippen LogP contribution in [0.15, 0.2) is 0 Å². The summed E-state index contributed by atoms with van der Waals surface area (Å²) < 4.78 is 5.31. The van der Waals surface area contributed by atoms with E-state index in [9.17, 15) is 0 Å². The van der Waals surface area contributed by atoms with Crippen LogP contribution in [-0.2, 0) is 4.74 Å². The zero-order valence-corrected chi connectivity index (χ0v) is 29.5. The molecular weight excluding hydrogens is 508 g/mol. The van der Waals surface area contributed by atoms with Crippen LogP contribution in [0.5, 0.6) is 0 Å². The van der Waals surface area contributed by atoms with Gasteiger partial charge in [-0.15, -0.1) is 0 Å². The third kappa shape index (κ3) is 20.3. The summed E-state index contributed by atoms with van der Waals surface area (Å²) in [6.45, 7) is 27.1. The predicted octanol–water partition coefficient (Wildman–Crippen LogP) is 4.78. The fraction of sp³-hybridized carbons (Fsp3) is 1.00. The SMILES string of the molecule is CC1CCCCN1C.CC1CCCN(C)C1.CC1CCN(C)CC1.CC1CN(C)CCO1.CCN1CCN(C)CC1. The van der Waals surface area contributed by atoms with Gasteiger partial charge in [0.15, 0.2) is 0 Å². The van der Waals surface area contributed by atoms with Crippen molar-refractivity contribution < 1.29 is 4.74 Å². The molecule has 7 nitrogen and oxygen atoms in total. The molecule has 0 spiro atoms. The Bertz CT molecular complexity index is 538. The zero-order chi connectivity index (χ0) is 30.6. The highest BCUT2D eigenvalue weighted by atomic mass is 16.5. The maximum Gasteiger partial charge on any atom is 0.0674 e. The minimum atomic E-state index is 0.439. The molecule has 5 aliphatic heterocycles. The highest BCUT2D eigenvalue weighted by molar-refractivity contribution is 4.69. The van der Waals surface area contributed by atoms with E-state index in [0.717, 1.165) is 37.6 Å². The van der Waals surface area contributed by atoms with Gasteiger partial charge in [0.25, 0.3) is 0 Å². The van der Waals surface area contributed by atoms with Gasteiger partial charge in [0, 0.05) is 51.9 Å². The molecule has 0 amide bonds. The molecule has 5 fully saturated rings. The van der Waals surface area contributed by atoms with Gasteiger partial charge < -0.3 is 34.1 Å². The molecule has 41 heavy (non-hydrogen) atoms. The van der Waals surface area contributed by atoms with Crippen molar-refractivity contribution in [2.45, 2.75) is 91.7 Å². The monoisotopic (exact) mass is 583 g/mol. The Morgan fingerprint density at radius 1 is 0.537 bits per heavy atom. The van der Waals surface area contributed by atoms with Gasteiger partial charge in [-0.1, -0.05) is 27.2 Å². The van der Waals surface area contributed by atoms with Crippen molar-refractivity contribution in [1.29, 1.82) is 0 Å². The minimum Gasteiger partial charge on any atom is -0.376 e. The highest BCUT2D eigenvalue weighted by Gasteiger charge is 2.14. The summed E-state index contributed by atoms with van der Waals surface area (Å²) in [6, 6.07) is 0.837. The van der Waals surface area contributed by atoms with Crippen molar-refractivity contribution >= 4 is 0 Å². The standard InChI is InChI=1S/C7H16N2.3C7H15N.C6H13NO/c1-3-9-6-4-8(2)5-7-9;1-7-3-5-8(2)6-4-7;1-7-4-3-5-8(2)6-7;1-7-5-3-4-6-8(7)2;1-6-5-7(2)3-4-8-6/h3-7H2,1-2H3;3*7H,3-6H2,1-2H3;6H,3-5H2,1-2H3. The van der Waals surface area contributed by atoms with Crippen molar-refractivity contribution in [3.8, 4) is 0 Å². The number of hydrogen-bond acceptors (Lipinski definition) is 7. The molecule has 246 valence electrons. The third-order valence-electron chi connectivity index (χ3n) is 9.49. The van der Waals surface area contributed by atoms with E-state index in [0.29, 0.717) is 6.10 Å². The summed E-state index contributed by atoms with van der Waals surface area (Å²) in [5, 5.41) is 0. The molecule has 5 saturated heterocycles. The van der Waals surface area contributed by atoms with Gasteiger partial charge in [-0.2, -0.15) is 0 Å². The second-order valence-electron chi connectivity index (χ2n) is 14.0. The van der Waals surface area contributed by atoms with Gasteiger partial charge in [-0.3, -0.25) is 0 Å². The first kappa shape index (κ1) is 38.7. The van der Waals surface area contributed by atoms with Crippen LogP contribution in [0.25, 0.3) is 0 Å². The molecule has 5 aliphatic rings. The summed E-state index contributed by atoms with van der Waals surface area (Å²) in [6.07, 6.45) is 10.3. The Morgan fingerprint density at radius 2 is 1.15 bits per heavy atom. The second kappa shape index (κ2) is 23.1. The Kier molecular flexibility index (Phi) is 21.9. The van der Waals surface area contributed by atoms with Crippen molar-refractivity contribution in [3.05, 3.63) is 0 Å². The first-order valence-electron chi connectivity index (χ1n) is 17.3. The summed E-state index contributed by atoms with van der Waals surface area (Å²) in [7, 11) is 10.9. The molecule has 0 aromatic rings. The van der Waals surface area contributed by atoms with E-state index in [4.69, 9.17) is 4.74 Å². The zero-order valence-electron chi connectivity index (χ0n) is 29.5. The summed E-state index contributed by atoms with van der Waals surface area (Å²) in [5.41, 5.74) is 0. The van der Waals surface area contributed by atoms with Gasteiger partial charge in [-0.25, -0.2) is 0 Å². The Balaban J connectivity index is 0.000000256. The molecular formula is C34H74N6O. The van der Waals surface area contributed by atoms with Crippen molar-refractivity contribution in [3.63, 3.8) is 0 Å². The van der Waals surface area contributed by atoms with E-state index in [1.165, 1.54) is 110 Å². The van der Waals surface area contributed by atoms with Gasteiger partial charge in [0.2, 0.25) is 0 Å². The van der Waals surface area contributed by atoms with Crippen molar-refractivity contribution in [2.75, 3.05) is 120 Å². The van der Waals surface area contributed by atoms with Crippen LogP contribution < -0.4 is 0 Å². The van der Waals surface area contributed by atoms with Crippen LogP contribution >= 0.6 is 0 Å². The van der Waals surface area contributed by atoms with E-state index in [-0.39, 0.29) is 0 Å². The predicted molar refractivity (Wildman–Crippen MR) is 180 cm³/mol. The normalized spacial score (nSPS) is 29.9. The van der Waals surface area contributed by atoms with E-state index in [1.807, 2.05) is 0 Å².